The number of carbonyl (C=O) groups excluding carboxylic acids is 2. The third kappa shape index (κ3) is 7.49. The highest BCUT2D eigenvalue weighted by atomic mass is 79.9. The van der Waals surface area contributed by atoms with E-state index >= 15 is 0 Å². The maximum absolute atomic E-state index is 13.9. The van der Waals surface area contributed by atoms with Gasteiger partial charge in [0.1, 0.15) is 12.6 Å². The van der Waals surface area contributed by atoms with Crippen LogP contribution in [0.2, 0.25) is 0 Å². The number of hydrogen-bond donors (Lipinski definition) is 1. The molecule has 0 aliphatic heterocycles. The van der Waals surface area contributed by atoms with Gasteiger partial charge in [-0.15, -0.1) is 0 Å². The SMILES string of the molecule is C[C@@H](C(=O)NC1CCCC1)N(Cc1ccc(Br)cc1)C(=O)CN(c1ccc(Br)cc1)S(=O)(=O)c1ccccc1. The average Bonchev–Trinajstić information content (AvgIpc) is 3.45. The second-order valence-corrected chi connectivity index (χ2v) is 13.3. The Hall–Kier alpha value is -2.69. The Morgan fingerprint density at radius 1 is 0.897 bits per heavy atom. The van der Waals surface area contributed by atoms with Crippen LogP contribution >= 0.6 is 31.9 Å². The first-order chi connectivity index (χ1) is 18.6. The lowest BCUT2D eigenvalue weighted by Crippen LogP contribution is -2.52. The molecule has 0 heterocycles. The smallest absolute Gasteiger partial charge is 0.264 e. The Labute approximate surface area is 246 Å². The van der Waals surface area contributed by atoms with Crippen LogP contribution in [0.5, 0.6) is 0 Å². The van der Waals surface area contributed by atoms with E-state index in [0.29, 0.717) is 5.69 Å². The lowest BCUT2D eigenvalue weighted by molar-refractivity contribution is -0.139. The van der Waals surface area contributed by atoms with Gasteiger partial charge in [0.2, 0.25) is 11.8 Å². The van der Waals surface area contributed by atoms with E-state index in [1.54, 1.807) is 49.4 Å². The molecule has 0 radical (unpaired) electrons. The molecular formula is C29H31Br2N3O4S. The summed E-state index contributed by atoms with van der Waals surface area (Å²) >= 11 is 6.81. The lowest BCUT2D eigenvalue weighted by Gasteiger charge is -2.32. The zero-order valence-electron chi connectivity index (χ0n) is 21.6. The molecule has 1 saturated carbocycles. The fraction of sp³-hybridized carbons (Fsp3) is 0.310. The van der Waals surface area contributed by atoms with Gasteiger partial charge in [-0.3, -0.25) is 13.9 Å². The van der Waals surface area contributed by atoms with Crippen molar-refractivity contribution in [3.8, 4) is 0 Å². The van der Waals surface area contributed by atoms with Gasteiger partial charge >= 0.3 is 0 Å². The summed E-state index contributed by atoms with van der Waals surface area (Å²) in [5.41, 5.74) is 1.18. The van der Waals surface area contributed by atoms with E-state index in [1.807, 2.05) is 24.3 Å². The Morgan fingerprint density at radius 3 is 2.05 bits per heavy atom. The zero-order chi connectivity index (χ0) is 28.0. The molecular weight excluding hydrogens is 646 g/mol. The van der Waals surface area contributed by atoms with Gasteiger partial charge in [0.05, 0.1) is 10.6 Å². The van der Waals surface area contributed by atoms with Crippen molar-refractivity contribution < 1.29 is 18.0 Å². The summed E-state index contributed by atoms with van der Waals surface area (Å²) in [5, 5.41) is 3.08. The van der Waals surface area contributed by atoms with E-state index in [1.165, 1.54) is 17.0 Å². The van der Waals surface area contributed by atoms with Crippen LogP contribution in [0.3, 0.4) is 0 Å². The van der Waals surface area contributed by atoms with Gasteiger partial charge < -0.3 is 10.2 Å². The second kappa shape index (κ2) is 13.1. The van der Waals surface area contributed by atoms with E-state index in [-0.39, 0.29) is 23.4 Å². The molecule has 3 aromatic rings. The summed E-state index contributed by atoms with van der Waals surface area (Å²) in [4.78, 5) is 28.7. The molecule has 0 aromatic heterocycles. The van der Waals surface area contributed by atoms with Crippen molar-refractivity contribution in [1.82, 2.24) is 10.2 Å². The van der Waals surface area contributed by atoms with Gasteiger partial charge in [-0.1, -0.05) is 75.0 Å². The van der Waals surface area contributed by atoms with E-state index in [2.05, 4.69) is 37.2 Å². The molecule has 2 amide bonds. The number of nitrogens with zero attached hydrogens (tertiary/aromatic N) is 2. The molecule has 7 nitrogen and oxygen atoms in total. The number of amides is 2. The molecule has 1 fully saturated rings. The highest BCUT2D eigenvalue weighted by molar-refractivity contribution is 9.10. The number of anilines is 1. The predicted molar refractivity (Wildman–Crippen MR) is 160 cm³/mol. The third-order valence-electron chi connectivity index (χ3n) is 6.86. The number of rotatable bonds is 10. The predicted octanol–water partition coefficient (Wildman–Crippen LogP) is 5.88. The molecule has 0 bridgehead atoms. The van der Waals surface area contributed by atoms with Crippen molar-refractivity contribution in [3.05, 3.63) is 93.4 Å². The summed E-state index contributed by atoms with van der Waals surface area (Å²) in [6.45, 7) is 1.39. The van der Waals surface area contributed by atoms with Gasteiger partial charge in [-0.2, -0.15) is 0 Å². The summed E-state index contributed by atoms with van der Waals surface area (Å²) in [6.07, 6.45) is 3.98. The number of halogens is 2. The molecule has 4 rings (SSSR count). The molecule has 206 valence electrons. The molecule has 10 heteroatoms. The van der Waals surface area contributed by atoms with Crippen molar-refractivity contribution in [2.24, 2.45) is 0 Å². The highest BCUT2D eigenvalue weighted by Gasteiger charge is 2.33. The van der Waals surface area contributed by atoms with Gasteiger partial charge in [0, 0.05) is 21.5 Å². The molecule has 1 aliphatic carbocycles. The van der Waals surface area contributed by atoms with Crippen molar-refractivity contribution >= 4 is 59.4 Å². The van der Waals surface area contributed by atoms with Gasteiger partial charge in [0.25, 0.3) is 10.0 Å². The van der Waals surface area contributed by atoms with Gasteiger partial charge in [-0.05, 0) is 73.9 Å². The number of sulfonamides is 1. The molecule has 1 N–H and O–H groups in total. The quantitative estimate of drug-likeness (QED) is 0.291. The Morgan fingerprint density at radius 2 is 1.46 bits per heavy atom. The van der Waals surface area contributed by atoms with Crippen molar-refractivity contribution in [3.63, 3.8) is 0 Å². The summed E-state index contributed by atoms with van der Waals surface area (Å²) in [6, 6.07) is 21.6. The molecule has 39 heavy (non-hydrogen) atoms. The van der Waals surface area contributed by atoms with Crippen LogP contribution in [-0.4, -0.2) is 43.8 Å². The summed E-state index contributed by atoms with van der Waals surface area (Å²) in [7, 11) is -4.07. The first-order valence-corrected chi connectivity index (χ1v) is 15.9. The number of hydrogen-bond acceptors (Lipinski definition) is 4. The van der Waals surface area contributed by atoms with E-state index in [0.717, 1.165) is 44.5 Å². The zero-order valence-corrected chi connectivity index (χ0v) is 25.6. The second-order valence-electron chi connectivity index (χ2n) is 9.62. The fourth-order valence-electron chi connectivity index (χ4n) is 4.62. The van der Waals surface area contributed by atoms with Crippen molar-refractivity contribution in [2.75, 3.05) is 10.8 Å². The van der Waals surface area contributed by atoms with Crippen LogP contribution in [0.15, 0.2) is 92.7 Å². The summed E-state index contributed by atoms with van der Waals surface area (Å²) in [5.74, 6) is -0.720. The minimum absolute atomic E-state index is 0.0761. The van der Waals surface area contributed by atoms with E-state index in [9.17, 15) is 18.0 Å². The molecule has 1 aliphatic rings. The van der Waals surface area contributed by atoms with Crippen LogP contribution in [-0.2, 0) is 26.2 Å². The number of carbonyl (C=O) groups is 2. The normalized spacial score (nSPS) is 14.5. The Bertz CT molecular complexity index is 1380. The Kier molecular flexibility index (Phi) is 9.85. The highest BCUT2D eigenvalue weighted by Crippen LogP contribution is 2.26. The van der Waals surface area contributed by atoms with E-state index in [4.69, 9.17) is 0 Å². The average molecular weight is 677 g/mol. The minimum Gasteiger partial charge on any atom is -0.352 e. The maximum Gasteiger partial charge on any atom is 0.264 e. The van der Waals surface area contributed by atoms with Crippen LogP contribution in [0.4, 0.5) is 5.69 Å². The number of benzene rings is 3. The number of nitrogens with one attached hydrogen (secondary N) is 1. The topological polar surface area (TPSA) is 86.8 Å². The Balaban J connectivity index is 1.66. The monoisotopic (exact) mass is 675 g/mol. The van der Waals surface area contributed by atoms with Crippen molar-refractivity contribution in [1.29, 1.82) is 0 Å². The fourth-order valence-corrected chi connectivity index (χ4v) is 6.58. The van der Waals surface area contributed by atoms with Crippen LogP contribution < -0.4 is 9.62 Å². The molecule has 3 aromatic carbocycles. The van der Waals surface area contributed by atoms with E-state index < -0.39 is 28.5 Å². The standard InChI is InChI=1S/C29H31Br2N3O4S/c1-21(29(36)32-25-7-5-6-8-25)33(19-22-11-13-23(30)14-12-22)28(35)20-34(26-17-15-24(31)16-18-26)39(37,38)27-9-3-2-4-10-27/h2-4,9-18,21,25H,5-8,19-20H2,1H3,(H,32,36)/t21-/m0/s1. The maximum atomic E-state index is 13.9. The first kappa shape index (κ1) is 29.3. The molecule has 0 unspecified atom stereocenters. The van der Waals surface area contributed by atoms with Gasteiger partial charge in [-0.25, -0.2) is 8.42 Å². The lowest BCUT2D eigenvalue weighted by atomic mass is 10.1. The van der Waals surface area contributed by atoms with Crippen LogP contribution in [0.25, 0.3) is 0 Å². The first-order valence-electron chi connectivity index (χ1n) is 12.8. The minimum atomic E-state index is -4.07. The van der Waals surface area contributed by atoms with Gasteiger partial charge in [0.15, 0.2) is 0 Å². The molecule has 0 spiro atoms. The largest absolute Gasteiger partial charge is 0.352 e. The van der Waals surface area contributed by atoms with Crippen LogP contribution in [0.1, 0.15) is 38.2 Å². The third-order valence-corrected chi connectivity index (χ3v) is 9.71. The summed E-state index contributed by atoms with van der Waals surface area (Å²) < 4.78 is 30.3. The van der Waals surface area contributed by atoms with Crippen molar-refractivity contribution in [2.45, 2.75) is 56.1 Å². The molecule has 0 saturated heterocycles. The van der Waals surface area contributed by atoms with Crippen LogP contribution in [0, 0.1) is 0 Å². The molecule has 1 atom stereocenters.